The number of pyridine rings is 1. The molecule has 3 heterocycles. The molecule has 4 rings (SSSR count). The Kier molecular flexibility index (Phi) is 6.04. The van der Waals surface area contributed by atoms with E-state index in [1.807, 2.05) is 12.1 Å². The van der Waals surface area contributed by atoms with Crippen molar-refractivity contribution >= 4 is 29.3 Å². The zero-order chi connectivity index (χ0) is 20.9. The van der Waals surface area contributed by atoms with Gasteiger partial charge in [0.25, 0.3) is 6.01 Å². The molecule has 30 heavy (non-hydrogen) atoms. The molecule has 3 aromatic rings. The number of piperidine rings is 1. The van der Waals surface area contributed by atoms with Crippen LogP contribution in [0.5, 0.6) is 5.75 Å². The molecular formula is C21H22ClN5O3. The van der Waals surface area contributed by atoms with Crippen molar-refractivity contribution in [3.8, 4) is 5.75 Å². The predicted octanol–water partition coefficient (Wildman–Crippen LogP) is 3.92. The number of hydrogen-bond donors (Lipinski definition) is 2. The van der Waals surface area contributed by atoms with Crippen LogP contribution in [0.1, 0.15) is 18.0 Å². The fourth-order valence-corrected chi connectivity index (χ4v) is 3.70. The van der Waals surface area contributed by atoms with Crippen molar-refractivity contribution in [1.82, 2.24) is 15.3 Å². The second kappa shape index (κ2) is 9.04. The van der Waals surface area contributed by atoms with E-state index in [0.717, 1.165) is 12.1 Å². The Balaban J connectivity index is 1.50. The number of aromatic nitrogens is 2. The number of urea groups is 1. The van der Waals surface area contributed by atoms with Gasteiger partial charge >= 0.3 is 6.03 Å². The number of carbonyl (C=O) groups excluding carboxylic acids is 1. The molecule has 156 valence electrons. The quantitative estimate of drug-likeness (QED) is 0.641. The highest BCUT2D eigenvalue weighted by atomic mass is 35.5. The molecule has 1 aromatic carbocycles. The van der Waals surface area contributed by atoms with Crippen LogP contribution in [0.25, 0.3) is 0 Å². The lowest BCUT2D eigenvalue weighted by Gasteiger charge is -2.38. The zero-order valence-electron chi connectivity index (χ0n) is 16.4. The van der Waals surface area contributed by atoms with Gasteiger partial charge in [-0.1, -0.05) is 11.6 Å². The normalized spacial score (nSPS) is 18.7. The van der Waals surface area contributed by atoms with Crippen molar-refractivity contribution in [2.45, 2.75) is 18.4 Å². The Morgan fingerprint density at radius 3 is 2.73 bits per heavy atom. The number of halogens is 1. The van der Waals surface area contributed by atoms with Crippen LogP contribution in [-0.2, 0) is 0 Å². The minimum absolute atomic E-state index is 0.0486. The van der Waals surface area contributed by atoms with Gasteiger partial charge in [0.2, 0.25) is 0 Å². The van der Waals surface area contributed by atoms with E-state index in [2.05, 4.69) is 25.5 Å². The lowest BCUT2D eigenvalue weighted by Crippen LogP contribution is -2.51. The van der Waals surface area contributed by atoms with Gasteiger partial charge in [0.1, 0.15) is 12.0 Å². The predicted molar refractivity (Wildman–Crippen MR) is 114 cm³/mol. The molecule has 2 amide bonds. The van der Waals surface area contributed by atoms with Gasteiger partial charge in [-0.25, -0.2) is 9.78 Å². The fourth-order valence-electron chi connectivity index (χ4n) is 3.57. The summed E-state index contributed by atoms with van der Waals surface area (Å²) in [4.78, 5) is 23.5. The Hall–Kier alpha value is -3.26. The molecule has 1 aliphatic heterocycles. The number of amides is 2. The average molecular weight is 428 g/mol. The summed E-state index contributed by atoms with van der Waals surface area (Å²) >= 11 is 5.91. The molecule has 0 aliphatic carbocycles. The van der Waals surface area contributed by atoms with Crippen LogP contribution in [0.3, 0.4) is 0 Å². The molecule has 2 aromatic heterocycles. The molecule has 2 N–H and O–H groups in total. The minimum Gasteiger partial charge on any atom is -0.495 e. The largest absolute Gasteiger partial charge is 0.495 e. The Morgan fingerprint density at radius 1 is 1.23 bits per heavy atom. The molecule has 1 aliphatic rings. The van der Waals surface area contributed by atoms with Gasteiger partial charge in [-0.3, -0.25) is 4.98 Å². The van der Waals surface area contributed by atoms with Crippen molar-refractivity contribution in [2.24, 2.45) is 0 Å². The van der Waals surface area contributed by atoms with Crippen LogP contribution in [0.15, 0.2) is 59.5 Å². The number of nitrogens with one attached hydrogen (secondary N) is 2. The third-order valence-corrected chi connectivity index (χ3v) is 5.35. The van der Waals surface area contributed by atoms with Crippen LogP contribution >= 0.6 is 11.6 Å². The lowest BCUT2D eigenvalue weighted by molar-refractivity contribution is 0.242. The van der Waals surface area contributed by atoms with E-state index in [4.69, 9.17) is 20.8 Å². The second-order valence-electron chi connectivity index (χ2n) is 6.99. The summed E-state index contributed by atoms with van der Waals surface area (Å²) in [6.07, 6.45) is 5.58. The van der Waals surface area contributed by atoms with Crippen LogP contribution in [0.2, 0.25) is 5.02 Å². The van der Waals surface area contributed by atoms with Crippen molar-refractivity contribution in [3.63, 3.8) is 0 Å². The number of methoxy groups -OCH3 is 1. The van der Waals surface area contributed by atoms with E-state index in [1.165, 1.54) is 0 Å². The summed E-state index contributed by atoms with van der Waals surface area (Å²) in [5, 5.41) is 6.56. The summed E-state index contributed by atoms with van der Waals surface area (Å²) in [5.41, 5.74) is 1.54. The first-order chi connectivity index (χ1) is 14.6. The van der Waals surface area contributed by atoms with E-state index in [0.29, 0.717) is 35.6 Å². The van der Waals surface area contributed by atoms with Crippen molar-refractivity contribution in [3.05, 3.63) is 65.8 Å². The third-order valence-electron chi connectivity index (χ3n) is 5.10. The Labute approximate surface area is 179 Å². The molecule has 0 radical (unpaired) electrons. The van der Waals surface area contributed by atoms with Gasteiger partial charge in [0, 0.05) is 41.5 Å². The van der Waals surface area contributed by atoms with E-state index in [-0.39, 0.29) is 18.0 Å². The van der Waals surface area contributed by atoms with Gasteiger partial charge in [-0.15, -0.1) is 0 Å². The number of carbonyl (C=O) groups is 1. The zero-order valence-corrected chi connectivity index (χ0v) is 17.2. The SMILES string of the molecule is COc1ccc(C2CN(c3ncco3)CCC2NC(=O)Nc2ccc(Cl)cc2)nc1. The Morgan fingerprint density at radius 2 is 2.07 bits per heavy atom. The highest BCUT2D eigenvalue weighted by Gasteiger charge is 2.34. The number of benzene rings is 1. The maximum Gasteiger partial charge on any atom is 0.319 e. The van der Waals surface area contributed by atoms with E-state index in [1.54, 1.807) is 50.0 Å². The van der Waals surface area contributed by atoms with Gasteiger partial charge in [0.05, 0.1) is 19.5 Å². The maximum absolute atomic E-state index is 12.6. The molecule has 2 atom stereocenters. The van der Waals surface area contributed by atoms with Gasteiger partial charge < -0.3 is 24.7 Å². The molecule has 1 saturated heterocycles. The van der Waals surface area contributed by atoms with Crippen LogP contribution in [0.4, 0.5) is 16.5 Å². The van der Waals surface area contributed by atoms with Gasteiger partial charge in [0.15, 0.2) is 0 Å². The maximum atomic E-state index is 12.6. The highest BCUT2D eigenvalue weighted by Crippen LogP contribution is 2.29. The molecule has 0 bridgehead atoms. The average Bonchev–Trinajstić information content (AvgIpc) is 3.31. The van der Waals surface area contributed by atoms with E-state index >= 15 is 0 Å². The summed E-state index contributed by atoms with van der Waals surface area (Å²) < 4.78 is 10.7. The van der Waals surface area contributed by atoms with Crippen molar-refractivity contribution in [1.29, 1.82) is 0 Å². The standard InChI is InChI=1S/C21H22ClN5O3/c1-29-16-6-7-18(24-12-16)17-13-27(21-23-9-11-30-21)10-8-19(17)26-20(28)25-15-4-2-14(22)3-5-15/h2-7,9,11-12,17,19H,8,10,13H2,1H3,(H2,25,26,28). The smallest absolute Gasteiger partial charge is 0.319 e. The molecule has 0 spiro atoms. The molecule has 9 heteroatoms. The van der Waals surface area contributed by atoms with Crippen LogP contribution in [-0.4, -0.2) is 42.2 Å². The number of oxazole rings is 1. The van der Waals surface area contributed by atoms with Gasteiger partial charge in [-0.05, 0) is 42.8 Å². The molecule has 1 fully saturated rings. The molecule has 2 unspecified atom stereocenters. The number of hydrogen-bond acceptors (Lipinski definition) is 6. The third kappa shape index (κ3) is 4.65. The minimum atomic E-state index is -0.273. The van der Waals surface area contributed by atoms with Crippen LogP contribution in [0, 0.1) is 0 Å². The monoisotopic (exact) mass is 427 g/mol. The molecular weight excluding hydrogens is 406 g/mol. The first-order valence-corrected chi connectivity index (χ1v) is 9.97. The van der Waals surface area contributed by atoms with E-state index in [9.17, 15) is 4.79 Å². The first kappa shape index (κ1) is 20.0. The topological polar surface area (TPSA) is 92.5 Å². The van der Waals surface area contributed by atoms with Crippen molar-refractivity contribution < 1.29 is 13.9 Å². The summed E-state index contributed by atoms with van der Waals surface area (Å²) in [6, 6.07) is 11.0. The number of anilines is 2. The summed E-state index contributed by atoms with van der Waals surface area (Å²) in [5.74, 6) is 0.636. The van der Waals surface area contributed by atoms with Gasteiger partial charge in [-0.2, -0.15) is 0 Å². The van der Waals surface area contributed by atoms with Crippen molar-refractivity contribution in [2.75, 3.05) is 30.4 Å². The molecule has 0 saturated carbocycles. The molecule has 8 nitrogen and oxygen atoms in total. The Bertz CT molecular complexity index is 963. The fraction of sp³-hybridized carbons (Fsp3) is 0.286. The first-order valence-electron chi connectivity index (χ1n) is 9.60. The summed E-state index contributed by atoms with van der Waals surface area (Å²) in [6.45, 7) is 1.32. The number of nitrogens with zero attached hydrogens (tertiary/aromatic N) is 3. The number of rotatable bonds is 5. The number of ether oxygens (including phenoxy) is 1. The lowest BCUT2D eigenvalue weighted by atomic mass is 9.89. The second-order valence-corrected chi connectivity index (χ2v) is 7.43. The van der Waals surface area contributed by atoms with E-state index < -0.39 is 0 Å². The summed E-state index contributed by atoms with van der Waals surface area (Å²) in [7, 11) is 1.60. The van der Waals surface area contributed by atoms with Crippen LogP contribution < -0.4 is 20.3 Å². The highest BCUT2D eigenvalue weighted by molar-refractivity contribution is 6.30.